The number of aliphatic hydroxyl groups excluding tert-OH is 1. The average Bonchev–Trinajstić information content (AvgIpc) is 2.98. The van der Waals surface area contributed by atoms with Gasteiger partial charge in [0, 0.05) is 6.54 Å². The van der Waals surface area contributed by atoms with Crippen molar-refractivity contribution >= 4 is 11.9 Å². The highest BCUT2D eigenvalue weighted by Gasteiger charge is 2.19. The summed E-state index contributed by atoms with van der Waals surface area (Å²) in [6.07, 6.45) is 3.88. The van der Waals surface area contributed by atoms with Crippen LogP contribution in [0, 0.1) is 0 Å². The molecular formula is C12H20N8O. The van der Waals surface area contributed by atoms with Gasteiger partial charge in [-0.15, -0.1) is 0 Å². The Labute approximate surface area is 122 Å². The molecule has 0 atom stereocenters. The number of anilines is 2. The molecule has 0 radical (unpaired) electrons. The monoisotopic (exact) mass is 292 g/mol. The topological polar surface area (TPSA) is 114 Å². The van der Waals surface area contributed by atoms with Gasteiger partial charge in [0.15, 0.2) is 0 Å². The summed E-state index contributed by atoms with van der Waals surface area (Å²) >= 11 is 0. The van der Waals surface area contributed by atoms with Crippen LogP contribution in [-0.4, -0.2) is 53.5 Å². The molecule has 2 aromatic rings. The summed E-state index contributed by atoms with van der Waals surface area (Å²) in [6, 6.07) is 0. The Hall–Kier alpha value is -2.29. The Bertz CT molecular complexity index is 569. The summed E-state index contributed by atoms with van der Waals surface area (Å²) in [5.74, 6) is 1.18. The smallest absolute Gasteiger partial charge is 0.258 e. The van der Waals surface area contributed by atoms with E-state index in [0.717, 1.165) is 13.0 Å². The highest BCUT2D eigenvalue weighted by Crippen LogP contribution is 2.13. The molecule has 2 aromatic heterocycles. The van der Waals surface area contributed by atoms with Gasteiger partial charge < -0.3 is 15.7 Å². The molecule has 114 valence electrons. The largest absolute Gasteiger partial charge is 0.394 e. The van der Waals surface area contributed by atoms with Crippen LogP contribution in [0.25, 0.3) is 5.95 Å². The van der Waals surface area contributed by atoms with Crippen molar-refractivity contribution in [1.29, 1.82) is 0 Å². The van der Waals surface area contributed by atoms with Crippen molar-refractivity contribution < 1.29 is 5.11 Å². The Kier molecular flexibility index (Phi) is 4.63. The van der Waals surface area contributed by atoms with Gasteiger partial charge in [0.2, 0.25) is 11.9 Å². The molecule has 0 fully saturated rings. The summed E-state index contributed by atoms with van der Waals surface area (Å²) in [4.78, 5) is 16.8. The highest BCUT2D eigenvalue weighted by atomic mass is 16.3. The zero-order valence-electron chi connectivity index (χ0n) is 12.4. The van der Waals surface area contributed by atoms with Crippen LogP contribution in [0.3, 0.4) is 0 Å². The van der Waals surface area contributed by atoms with Crippen molar-refractivity contribution in [1.82, 2.24) is 29.7 Å². The minimum absolute atomic E-state index is 0.0466. The van der Waals surface area contributed by atoms with Gasteiger partial charge in [-0.1, -0.05) is 6.92 Å². The second-order valence-corrected chi connectivity index (χ2v) is 5.22. The minimum atomic E-state index is -0.539. The number of nitrogens with zero attached hydrogens (tertiary/aromatic N) is 6. The van der Waals surface area contributed by atoms with E-state index in [4.69, 9.17) is 0 Å². The first-order chi connectivity index (χ1) is 10.0. The first-order valence-corrected chi connectivity index (χ1v) is 6.78. The maximum atomic E-state index is 9.34. The molecule has 0 aliphatic rings. The van der Waals surface area contributed by atoms with E-state index in [0.29, 0.717) is 17.8 Å². The van der Waals surface area contributed by atoms with Gasteiger partial charge in [-0.05, 0) is 20.3 Å². The fourth-order valence-corrected chi connectivity index (χ4v) is 1.49. The fourth-order valence-electron chi connectivity index (χ4n) is 1.49. The zero-order valence-corrected chi connectivity index (χ0v) is 12.4. The molecule has 0 aliphatic heterocycles. The van der Waals surface area contributed by atoms with E-state index >= 15 is 0 Å². The standard InChI is InChI=1S/C12H20N8O/c1-4-5-14-9-16-10(19-12(2,3)6-21)18-11(17-9)20-8-13-7-15-20/h7-8,21H,4-6H2,1-3H3,(H2,14,16,17,18,19). The molecule has 0 aliphatic carbocycles. The van der Waals surface area contributed by atoms with Gasteiger partial charge in [0.25, 0.3) is 5.95 Å². The van der Waals surface area contributed by atoms with Crippen LogP contribution >= 0.6 is 0 Å². The summed E-state index contributed by atoms with van der Waals surface area (Å²) in [6.45, 7) is 6.47. The summed E-state index contributed by atoms with van der Waals surface area (Å²) in [5.41, 5.74) is -0.539. The number of aromatic nitrogens is 6. The number of aliphatic hydroxyl groups is 1. The molecule has 9 nitrogen and oxygen atoms in total. The number of rotatable bonds is 7. The van der Waals surface area contributed by atoms with Crippen molar-refractivity contribution in [2.24, 2.45) is 0 Å². The molecule has 2 rings (SSSR count). The molecule has 0 aromatic carbocycles. The van der Waals surface area contributed by atoms with Crippen LogP contribution in [0.2, 0.25) is 0 Å². The van der Waals surface area contributed by atoms with Crippen LogP contribution in [0.5, 0.6) is 0 Å². The summed E-state index contributed by atoms with van der Waals surface area (Å²) < 4.78 is 1.45. The van der Waals surface area contributed by atoms with E-state index in [1.807, 2.05) is 13.8 Å². The summed E-state index contributed by atoms with van der Waals surface area (Å²) in [5, 5.41) is 19.5. The van der Waals surface area contributed by atoms with Crippen molar-refractivity contribution in [2.75, 3.05) is 23.8 Å². The molecule has 0 saturated carbocycles. The lowest BCUT2D eigenvalue weighted by molar-refractivity contribution is 0.233. The average molecular weight is 292 g/mol. The van der Waals surface area contributed by atoms with Gasteiger partial charge in [0.1, 0.15) is 12.7 Å². The Balaban J connectivity index is 2.33. The van der Waals surface area contributed by atoms with Gasteiger partial charge in [-0.2, -0.15) is 24.7 Å². The normalized spacial score (nSPS) is 11.4. The molecule has 3 N–H and O–H groups in total. The maximum absolute atomic E-state index is 9.34. The van der Waals surface area contributed by atoms with Gasteiger partial charge in [-0.3, -0.25) is 0 Å². The van der Waals surface area contributed by atoms with Crippen molar-refractivity contribution in [3.05, 3.63) is 12.7 Å². The van der Waals surface area contributed by atoms with Gasteiger partial charge in [-0.25, -0.2) is 4.98 Å². The van der Waals surface area contributed by atoms with Gasteiger partial charge in [0.05, 0.1) is 12.1 Å². The molecule has 0 saturated heterocycles. The van der Waals surface area contributed by atoms with E-state index in [-0.39, 0.29) is 6.61 Å². The van der Waals surface area contributed by atoms with Gasteiger partial charge >= 0.3 is 0 Å². The van der Waals surface area contributed by atoms with Crippen LogP contribution < -0.4 is 10.6 Å². The summed E-state index contributed by atoms with van der Waals surface area (Å²) in [7, 11) is 0. The van der Waals surface area contributed by atoms with E-state index in [2.05, 4.69) is 42.6 Å². The van der Waals surface area contributed by atoms with Crippen LogP contribution in [0.4, 0.5) is 11.9 Å². The van der Waals surface area contributed by atoms with Crippen LogP contribution in [0.1, 0.15) is 27.2 Å². The van der Waals surface area contributed by atoms with Crippen LogP contribution in [-0.2, 0) is 0 Å². The van der Waals surface area contributed by atoms with Crippen LogP contribution in [0.15, 0.2) is 12.7 Å². The number of hydrogen-bond donors (Lipinski definition) is 3. The Morgan fingerprint density at radius 1 is 1.24 bits per heavy atom. The SMILES string of the molecule is CCCNc1nc(NC(C)(C)CO)nc(-n2cncn2)n1. The molecule has 21 heavy (non-hydrogen) atoms. The minimum Gasteiger partial charge on any atom is -0.394 e. The molecule has 0 spiro atoms. The molecule has 0 amide bonds. The van der Waals surface area contributed by atoms with E-state index < -0.39 is 5.54 Å². The maximum Gasteiger partial charge on any atom is 0.258 e. The van der Waals surface area contributed by atoms with E-state index in [9.17, 15) is 5.11 Å². The van der Waals surface area contributed by atoms with Crippen molar-refractivity contribution in [2.45, 2.75) is 32.7 Å². The number of nitrogens with one attached hydrogen (secondary N) is 2. The zero-order chi connectivity index (χ0) is 15.3. The first-order valence-electron chi connectivity index (χ1n) is 6.78. The number of hydrogen-bond acceptors (Lipinski definition) is 8. The lowest BCUT2D eigenvalue weighted by atomic mass is 10.1. The quantitative estimate of drug-likeness (QED) is 0.674. The third-order valence-corrected chi connectivity index (χ3v) is 2.63. The molecule has 2 heterocycles. The predicted molar refractivity (Wildman–Crippen MR) is 78.3 cm³/mol. The molecular weight excluding hydrogens is 272 g/mol. The lowest BCUT2D eigenvalue weighted by Gasteiger charge is -2.23. The van der Waals surface area contributed by atoms with E-state index in [1.165, 1.54) is 17.3 Å². The molecule has 0 bridgehead atoms. The predicted octanol–water partition coefficient (Wildman–Crippen LogP) is 0.457. The van der Waals surface area contributed by atoms with E-state index in [1.54, 1.807) is 0 Å². The Morgan fingerprint density at radius 2 is 2.00 bits per heavy atom. The lowest BCUT2D eigenvalue weighted by Crippen LogP contribution is -2.36. The third kappa shape index (κ3) is 4.09. The van der Waals surface area contributed by atoms with Crippen molar-refractivity contribution in [3.8, 4) is 5.95 Å². The molecule has 0 unspecified atom stereocenters. The second kappa shape index (κ2) is 6.44. The van der Waals surface area contributed by atoms with Crippen molar-refractivity contribution in [3.63, 3.8) is 0 Å². The highest BCUT2D eigenvalue weighted by molar-refractivity contribution is 5.39. The second-order valence-electron chi connectivity index (χ2n) is 5.22. The fraction of sp³-hybridized carbons (Fsp3) is 0.583. The third-order valence-electron chi connectivity index (χ3n) is 2.63. The molecule has 9 heteroatoms. The first kappa shape index (κ1) is 15.1. The Morgan fingerprint density at radius 3 is 2.62 bits per heavy atom.